The molecule has 0 aliphatic carbocycles. The number of thiophene rings is 1. The normalized spacial score (nSPS) is 11.5. The van der Waals surface area contributed by atoms with Crippen molar-refractivity contribution in [3.05, 3.63) is 81.7 Å². The van der Waals surface area contributed by atoms with E-state index < -0.39 is 0 Å². The molecular weight excluding hydrogens is 346 g/mol. The Labute approximate surface area is 154 Å². The van der Waals surface area contributed by atoms with E-state index in [1.165, 1.54) is 16.9 Å². The lowest BCUT2D eigenvalue weighted by atomic mass is 10.2. The Morgan fingerprint density at radius 3 is 2.88 bits per heavy atom. The Morgan fingerprint density at radius 2 is 2.04 bits per heavy atom. The number of hydrogen-bond donors (Lipinski definition) is 1. The highest BCUT2D eigenvalue weighted by molar-refractivity contribution is 7.17. The highest BCUT2D eigenvalue weighted by Crippen LogP contribution is 2.14. The molecule has 3 aromatic heterocycles. The second-order valence-electron chi connectivity index (χ2n) is 6.32. The highest BCUT2D eigenvalue weighted by atomic mass is 32.1. The van der Waals surface area contributed by atoms with Crippen molar-refractivity contribution in [3.8, 4) is 0 Å². The molecule has 0 aliphatic rings. The number of rotatable bonds is 6. The van der Waals surface area contributed by atoms with Crippen LogP contribution in [0.3, 0.4) is 0 Å². The molecule has 0 fully saturated rings. The van der Waals surface area contributed by atoms with Gasteiger partial charge >= 0.3 is 0 Å². The van der Waals surface area contributed by atoms with Crippen molar-refractivity contribution >= 4 is 21.6 Å². The monoisotopic (exact) mass is 365 g/mol. The van der Waals surface area contributed by atoms with E-state index in [0.29, 0.717) is 17.1 Å². The fraction of sp³-hybridized carbons (Fsp3) is 0.211. The number of aromatic amines is 1. The first-order valence-electron chi connectivity index (χ1n) is 8.37. The number of hydrogen-bond acceptors (Lipinski definition) is 5. The Kier molecular flexibility index (Phi) is 4.64. The van der Waals surface area contributed by atoms with E-state index in [-0.39, 0.29) is 5.56 Å². The minimum atomic E-state index is -0.0671. The molecule has 7 heteroatoms. The molecule has 0 unspecified atom stereocenters. The third-order valence-electron chi connectivity index (χ3n) is 4.21. The van der Waals surface area contributed by atoms with Crippen LogP contribution in [0.2, 0.25) is 0 Å². The Morgan fingerprint density at radius 1 is 1.19 bits per heavy atom. The average molecular weight is 365 g/mol. The first kappa shape index (κ1) is 16.7. The van der Waals surface area contributed by atoms with Crippen LogP contribution in [0, 0.1) is 0 Å². The summed E-state index contributed by atoms with van der Waals surface area (Å²) in [5.74, 6) is 0.678. The van der Waals surface area contributed by atoms with Crippen LogP contribution in [0.4, 0.5) is 0 Å². The van der Waals surface area contributed by atoms with Gasteiger partial charge in [-0.1, -0.05) is 30.3 Å². The summed E-state index contributed by atoms with van der Waals surface area (Å²) in [5, 5.41) is 1.89. The molecule has 3 heterocycles. The van der Waals surface area contributed by atoms with Gasteiger partial charge in [0.1, 0.15) is 10.5 Å². The van der Waals surface area contributed by atoms with Crippen LogP contribution >= 0.6 is 11.3 Å². The Hall–Kier alpha value is -2.77. The molecule has 0 bridgehead atoms. The van der Waals surface area contributed by atoms with Crippen LogP contribution in [-0.4, -0.2) is 31.5 Å². The zero-order valence-electron chi connectivity index (χ0n) is 14.4. The van der Waals surface area contributed by atoms with E-state index in [0.717, 1.165) is 24.3 Å². The molecule has 0 saturated heterocycles. The van der Waals surface area contributed by atoms with Crippen molar-refractivity contribution in [2.45, 2.75) is 19.6 Å². The molecule has 0 radical (unpaired) electrons. The minimum Gasteiger partial charge on any atom is -0.329 e. The lowest BCUT2D eigenvalue weighted by Crippen LogP contribution is -2.22. The number of fused-ring (bicyclic) bond motifs is 1. The summed E-state index contributed by atoms with van der Waals surface area (Å²) in [6.07, 6.45) is 3.74. The standard InChI is InChI=1S/C19H19N5OS/c1-23(12-17-21-16-7-8-26-18(16)19(25)22-17)11-15-9-20-13-24(15)10-14-5-3-2-4-6-14/h2-9,13H,10-12H2,1H3,(H,21,22,25). The summed E-state index contributed by atoms with van der Waals surface area (Å²) >= 11 is 1.42. The highest BCUT2D eigenvalue weighted by Gasteiger charge is 2.10. The third-order valence-corrected chi connectivity index (χ3v) is 5.11. The van der Waals surface area contributed by atoms with Gasteiger partial charge < -0.3 is 9.55 Å². The molecule has 4 aromatic rings. The fourth-order valence-corrected chi connectivity index (χ4v) is 3.71. The van der Waals surface area contributed by atoms with Crippen molar-refractivity contribution in [1.82, 2.24) is 24.4 Å². The topological polar surface area (TPSA) is 66.8 Å². The van der Waals surface area contributed by atoms with Gasteiger partial charge in [-0.25, -0.2) is 9.97 Å². The number of H-pyrrole nitrogens is 1. The first-order chi connectivity index (χ1) is 12.7. The second-order valence-corrected chi connectivity index (χ2v) is 7.23. The maximum Gasteiger partial charge on any atom is 0.268 e. The minimum absolute atomic E-state index is 0.0671. The van der Waals surface area contributed by atoms with E-state index >= 15 is 0 Å². The average Bonchev–Trinajstić information content (AvgIpc) is 3.26. The van der Waals surface area contributed by atoms with Crippen LogP contribution in [0.5, 0.6) is 0 Å². The van der Waals surface area contributed by atoms with Crippen molar-refractivity contribution in [1.29, 1.82) is 0 Å². The van der Waals surface area contributed by atoms with E-state index in [2.05, 4.69) is 36.6 Å². The van der Waals surface area contributed by atoms with Crippen molar-refractivity contribution in [2.24, 2.45) is 0 Å². The van der Waals surface area contributed by atoms with Gasteiger partial charge in [0.25, 0.3) is 5.56 Å². The summed E-state index contributed by atoms with van der Waals surface area (Å²) < 4.78 is 2.82. The van der Waals surface area contributed by atoms with Gasteiger partial charge in [-0.3, -0.25) is 9.69 Å². The van der Waals surface area contributed by atoms with E-state index in [1.54, 1.807) is 0 Å². The molecule has 0 aliphatic heterocycles. The second kappa shape index (κ2) is 7.23. The van der Waals surface area contributed by atoms with Gasteiger partial charge in [0.15, 0.2) is 0 Å². The van der Waals surface area contributed by atoms with Gasteiger partial charge in [-0.05, 0) is 24.1 Å². The first-order valence-corrected chi connectivity index (χ1v) is 9.25. The van der Waals surface area contributed by atoms with Gasteiger partial charge in [0.05, 0.1) is 24.1 Å². The van der Waals surface area contributed by atoms with E-state index in [9.17, 15) is 4.79 Å². The maximum atomic E-state index is 12.1. The summed E-state index contributed by atoms with van der Waals surface area (Å²) in [7, 11) is 2.01. The quantitative estimate of drug-likeness (QED) is 0.571. The number of imidazole rings is 1. The lowest BCUT2D eigenvalue weighted by molar-refractivity contribution is 0.302. The third kappa shape index (κ3) is 3.58. The predicted octanol–water partition coefficient (Wildman–Crippen LogP) is 2.86. The van der Waals surface area contributed by atoms with Crippen LogP contribution < -0.4 is 5.56 Å². The van der Waals surface area contributed by atoms with Gasteiger partial charge in [-0.15, -0.1) is 11.3 Å². The molecule has 1 N–H and O–H groups in total. The number of aromatic nitrogens is 4. The zero-order valence-corrected chi connectivity index (χ0v) is 15.2. The van der Waals surface area contributed by atoms with Crippen LogP contribution in [0.25, 0.3) is 10.2 Å². The summed E-state index contributed by atoms with van der Waals surface area (Å²) in [6, 6.07) is 12.2. The molecular formula is C19H19N5OS. The molecule has 0 saturated carbocycles. The van der Waals surface area contributed by atoms with Gasteiger partial charge in [0, 0.05) is 19.3 Å². The Bertz CT molecular complexity index is 1070. The molecule has 6 nitrogen and oxygen atoms in total. The summed E-state index contributed by atoms with van der Waals surface area (Å²) in [6.45, 7) is 2.08. The number of nitrogens with one attached hydrogen (secondary N) is 1. The largest absolute Gasteiger partial charge is 0.329 e. The molecule has 0 spiro atoms. The SMILES string of the molecule is CN(Cc1nc2ccsc2c(=O)[nH]1)Cc1cncn1Cc1ccccc1. The smallest absolute Gasteiger partial charge is 0.268 e. The molecule has 26 heavy (non-hydrogen) atoms. The molecule has 1 aromatic carbocycles. The molecule has 0 atom stereocenters. The van der Waals surface area contributed by atoms with Crippen LogP contribution in [0.1, 0.15) is 17.1 Å². The summed E-state index contributed by atoms with van der Waals surface area (Å²) in [4.78, 5) is 25.9. The van der Waals surface area contributed by atoms with Crippen molar-refractivity contribution in [2.75, 3.05) is 7.05 Å². The predicted molar refractivity (Wildman–Crippen MR) is 103 cm³/mol. The zero-order chi connectivity index (χ0) is 17.9. The van der Waals surface area contributed by atoms with E-state index in [1.807, 2.05) is 49.2 Å². The van der Waals surface area contributed by atoms with Crippen molar-refractivity contribution < 1.29 is 0 Å². The molecule has 4 rings (SSSR count). The van der Waals surface area contributed by atoms with Crippen LogP contribution in [0.15, 0.2) is 59.1 Å². The maximum absolute atomic E-state index is 12.1. The lowest BCUT2D eigenvalue weighted by Gasteiger charge is -2.17. The van der Waals surface area contributed by atoms with Crippen molar-refractivity contribution in [3.63, 3.8) is 0 Å². The summed E-state index contributed by atoms with van der Waals surface area (Å²) in [5.41, 5.74) is 3.05. The number of nitrogens with zero attached hydrogens (tertiary/aromatic N) is 4. The Balaban J connectivity index is 1.47. The molecule has 132 valence electrons. The van der Waals surface area contributed by atoms with Gasteiger partial charge in [-0.2, -0.15) is 0 Å². The number of benzene rings is 1. The fourth-order valence-electron chi connectivity index (χ4n) is 2.99. The van der Waals surface area contributed by atoms with E-state index in [4.69, 9.17) is 0 Å². The van der Waals surface area contributed by atoms with Crippen LogP contribution in [-0.2, 0) is 19.6 Å². The molecule has 0 amide bonds. The van der Waals surface area contributed by atoms with Gasteiger partial charge in [0.2, 0.25) is 0 Å².